The zero-order valence-corrected chi connectivity index (χ0v) is 26.8. The van der Waals surface area contributed by atoms with Crippen LogP contribution in [0.15, 0.2) is 24.7 Å². The van der Waals surface area contributed by atoms with Crippen molar-refractivity contribution in [2.75, 3.05) is 0 Å². The molecular formula is C34H67O3P. The van der Waals surface area contributed by atoms with E-state index in [2.05, 4.69) is 13.8 Å². The molecule has 0 spiro atoms. The molecule has 0 aliphatic carbocycles. The van der Waals surface area contributed by atoms with Gasteiger partial charge in [-0.25, -0.2) is 4.57 Å². The lowest BCUT2D eigenvalue weighted by molar-refractivity contribution is 0.354. The highest BCUT2D eigenvalue weighted by Crippen LogP contribution is 2.25. The highest BCUT2D eigenvalue weighted by atomic mass is 31.1. The Morgan fingerprint density at radius 2 is 0.632 bits per heavy atom. The van der Waals surface area contributed by atoms with Gasteiger partial charge in [0, 0.05) is 0 Å². The van der Waals surface area contributed by atoms with Gasteiger partial charge in [-0.15, -0.1) is 0 Å². The van der Waals surface area contributed by atoms with Crippen molar-refractivity contribution in [3.05, 3.63) is 24.7 Å². The molecule has 0 heterocycles. The fourth-order valence-corrected chi connectivity index (χ4v) is 5.40. The molecule has 0 saturated heterocycles. The predicted octanol–water partition coefficient (Wildman–Crippen LogP) is 13.4. The molecule has 0 aliphatic rings. The van der Waals surface area contributed by atoms with Gasteiger partial charge in [0.25, 0.3) is 0 Å². The third-order valence-corrected chi connectivity index (χ3v) is 8.13. The van der Waals surface area contributed by atoms with Gasteiger partial charge in [0.1, 0.15) is 0 Å². The lowest BCUT2D eigenvalue weighted by Crippen LogP contribution is -1.83. The Kier molecular flexibility index (Phi) is 33.7. The number of unbranched alkanes of at least 4 members (excludes halogenated alkanes) is 26. The highest BCUT2D eigenvalue weighted by molar-refractivity contribution is 7.33. The van der Waals surface area contributed by atoms with Crippen molar-refractivity contribution < 1.29 is 13.6 Å². The fraction of sp³-hybridized carbons (Fsp3) is 0.882. The normalized spacial score (nSPS) is 11.9. The molecule has 0 bridgehead atoms. The van der Waals surface area contributed by atoms with Crippen LogP contribution < -0.4 is 0 Å². The molecule has 0 N–H and O–H groups in total. The third kappa shape index (κ3) is 33.3. The average molecular weight is 555 g/mol. The molecule has 38 heavy (non-hydrogen) atoms. The van der Waals surface area contributed by atoms with Crippen LogP contribution in [0.3, 0.4) is 0 Å². The number of allylic oxidation sites excluding steroid dienone is 2. The van der Waals surface area contributed by atoms with Crippen molar-refractivity contribution in [2.45, 2.75) is 194 Å². The van der Waals surface area contributed by atoms with E-state index in [-0.39, 0.29) is 0 Å². The fourth-order valence-electron chi connectivity index (χ4n) is 4.93. The minimum atomic E-state index is -2.45. The first-order valence-corrected chi connectivity index (χ1v) is 18.2. The Labute approximate surface area is 240 Å². The molecule has 0 atom stereocenters. The summed E-state index contributed by atoms with van der Waals surface area (Å²) >= 11 is 0. The average Bonchev–Trinajstić information content (AvgIpc) is 2.92. The van der Waals surface area contributed by atoms with Gasteiger partial charge in [0.05, 0.1) is 12.5 Å². The van der Waals surface area contributed by atoms with E-state index in [4.69, 9.17) is 9.05 Å². The molecule has 4 heteroatoms. The van der Waals surface area contributed by atoms with Crippen LogP contribution in [0.2, 0.25) is 0 Å². The topological polar surface area (TPSA) is 35.5 Å². The van der Waals surface area contributed by atoms with Crippen LogP contribution in [-0.2, 0) is 13.6 Å². The molecule has 0 unspecified atom stereocenters. The van der Waals surface area contributed by atoms with Gasteiger partial charge in [0.2, 0.25) is 0 Å². The Morgan fingerprint density at radius 3 is 0.895 bits per heavy atom. The van der Waals surface area contributed by atoms with E-state index in [1.807, 2.05) is 12.2 Å². The van der Waals surface area contributed by atoms with Crippen molar-refractivity contribution in [1.29, 1.82) is 0 Å². The summed E-state index contributed by atoms with van der Waals surface area (Å²) in [6, 6.07) is 0. The van der Waals surface area contributed by atoms with Gasteiger partial charge >= 0.3 is 8.25 Å². The lowest BCUT2D eigenvalue weighted by Gasteiger charge is -2.03. The summed E-state index contributed by atoms with van der Waals surface area (Å²) in [5.41, 5.74) is 0. The van der Waals surface area contributed by atoms with Crippen molar-refractivity contribution >= 4 is 8.25 Å². The van der Waals surface area contributed by atoms with Gasteiger partial charge in [-0.1, -0.05) is 168 Å². The number of rotatable bonds is 32. The summed E-state index contributed by atoms with van der Waals surface area (Å²) in [6.45, 7) is 4.56. The zero-order chi connectivity index (χ0) is 27.6. The standard InChI is InChI=1S/C34H67O3P/c1-3-5-7-9-11-13-15-17-19-21-23-25-27-29-31-33-36-38(35)37-34-32-30-28-26-24-22-20-18-16-14-12-10-8-6-4-2/h31-34,38H,3-30H2,1-2H3/b33-31+,34-32+. The van der Waals surface area contributed by atoms with E-state index in [0.717, 1.165) is 12.8 Å². The molecule has 0 saturated carbocycles. The van der Waals surface area contributed by atoms with Crippen molar-refractivity contribution in [2.24, 2.45) is 0 Å². The van der Waals surface area contributed by atoms with Crippen LogP contribution in [0.5, 0.6) is 0 Å². The van der Waals surface area contributed by atoms with Gasteiger partial charge in [0.15, 0.2) is 0 Å². The minimum absolute atomic E-state index is 0.988. The van der Waals surface area contributed by atoms with Crippen molar-refractivity contribution in [3.63, 3.8) is 0 Å². The van der Waals surface area contributed by atoms with E-state index in [0.29, 0.717) is 0 Å². The van der Waals surface area contributed by atoms with E-state index >= 15 is 0 Å². The Hall–Kier alpha value is -0.690. The second-order valence-corrected chi connectivity index (χ2v) is 12.3. The molecule has 0 aliphatic heterocycles. The first-order valence-electron chi connectivity index (χ1n) is 17.0. The van der Waals surface area contributed by atoms with E-state index in [9.17, 15) is 4.57 Å². The second-order valence-electron chi connectivity index (χ2n) is 11.3. The van der Waals surface area contributed by atoms with Gasteiger partial charge in [-0.2, -0.15) is 0 Å². The maximum atomic E-state index is 11.8. The predicted molar refractivity (Wildman–Crippen MR) is 170 cm³/mol. The molecule has 226 valence electrons. The van der Waals surface area contributed by atoms with E-state index in [1.165, 1.54) is 167 Å². The Bertz CT molecular complexity index is 474. The maximum Gasteiger partial charge on any atom is 0.417 e. The summed E-state index contributed by atoms with van der Waals surface area (Å²) in [6.07, 6.45) is 44.7. The zero-order valence-electron chi connectivity index (χ0n) is 25.8. The molecule has 0 fully saturated rings. The smallest absolute Gasteiger partial charge is 0.417 e. The minimum Gasteiger partial charge on any atom is -0.426 e. The van der Waals surface area contributed by atoms with E-state index in [1.54, 1.807) is 12.5 Å². The largest absolute Gasteiger partial charge is 0.426 e. The summed E-state index contributed by atoms with van der Waals surface area (Å²) in [5.74, 6) is 0. The first kappa shape index (κ1) is 37.3. The quantitative estimate of drug-likeness (QED) is 0.0471. The summed E-state index contributed by atoms with van der Waals surface area (Å²) in [5, 5.41) is 0. The van der Waals surface area contributed by atoms with Gasteiger partial charge < -0.3 is 9.05 Å². The Morgan fingerprint density at radius 1 is 0.395 bits per heavy atom. The first-order chi connectivity index (χ1) is 18.8. The Balaban J connectivity index is 3.28. The molecular weight excluding hydrogens is 487 g/mol. The van der Waals surface area contributed by atoms with Crippen LogP contribution in [0.25, 0.3) is 0 Å². The number of hydrogen-bond donors (Lipinski definition) is 0. The molecule has 0 aromatic heterocycles. The van der Waals surface area contributed by atoms with Crippen molar-refractivity contribution in [1.82, 2.24) is 0 Å². The summed E-state index contributed by atoms with van der Waals surface area (Å²) in [7, 11) is -2.45. The summed E-state index contributed by atoms with van der Waals surface area (Å²) in [4.78, 5) is 0. The van der Waals surface area contributed by atoms with Crippen LogP contribution in [0, 0.1) is 0 Å². The van der Waals surface area contributed by atoms with Crippen LogP contribution in [0.4, 0.5) is 0 Å². The SMILES string of the molecule is CCCCCCCCCCCCCCC/C=C/O[PH](=O)O/C=C/CCCCCCCCCCCCCCC. The third-order valence-electron chi connectivity index (χ3n) is 7.47. The molecule has 0 radical (unpaired) electrons. The molecule has 0 aromatic rings. The van der Waals surface area contributed by atoms with Crippen molar-refractivity contribution in [3.8, 4) is 0 Å². The maximum absolute atomic E-state index is 11.8. The van der Waals surface area contributed by atoms with Crippen LogP contribution in [0.1, 0.15) is 194 Å². The van der Waals surface area contributed by atoms with Crippen LogP contribution >= 0.6 is 8.25 Å². The second kappa shape index (κ2) is 34.3. The molecule has 0 aromatic carbocycles. The summed E-state index contributed by atoms with van der Waals surface area (Å²) < 4.78 is 22.1. The highest BCUT2D eigenvalue weighted by Gasteiger charge is 1.96. The molecule has 0 amide bonds. The molecule has 3 nitrogen and oxygen atoms in total. The van der Waals surface area contributed by atoms with Crippen LogP contribution in [-0.4, -0.2) is 0 Å². The number of hydrogen-bond acceptors (Lipinski definition) is 3. The van der Waals surface area contributed by atoms with E-state index < -0.39 is 8.25 Å². The van der Waals surface area contributed by atoms with Gasteiger partial charge in [-0.3, -0.25) is 0 Å². The monoisotopic (exact) mass is 554 g/mol. The molecule has 0 rings (SSSR count). The van der Waals surface area contributed by atoms with Gasteiger partial charge in [-0.05, 0) is 37.8 Å². The lowest BCUT2D eigenvalue weighted by atomic mass is 10.0.